The Hall–Kier alpha value is -4.13. The summed E-state index contributed by atoms with van der Waals surface area (Å²) in [5, 5.41) is 12.6. The Kier molecular flexibility index (Phi) is 7.92. The predicted molar refractivity (Wildman–Crippen MR) is 141 cm³/mol. The fourth-order valence-corrected chi connectivity index (χ4v) is 4.99. The summed E-state index contributed by atoms with van der Waals surface area (Å²) in [5.74, 6) is -0.0708. The van der Waals surface area contributed by atoms with Gasteiger partial charge >= 0.3 is 5.97 Å². The largest absolute Gasteiger partial charge is 0.493 e. The molecule has 2 N–H and O–H groups in total. The second-order valence-electron chi connectivity index (χ2n) is 9.42. The molecule has 3 aromatic rings. The van der Waals surface area contributed by atoms with Gasteiger partial charge in [0.05, 0.1) is 26.1 Å². The van der Waals surface area contributed by atoms with Crippen LogP contribution in [0.3, 0.4) is 0 Å². The predicted octanol–water partition coefficient (Wildman–Crippen LogP) is 5.77. The summed E-state index contributed by atoms with van der Waals surface area (Å²) in [6.07, 6.45) is 3.00. The van der Waals surface area contributed by atoms with Crippen LogP contribution in [0, 0.1) is 5.41 Å². The number of hydrogen-bond acceptors (Lipinski definition) is 5. The van der Waals surface area contributed by atoms with E-state index in [0.29, 0.717) is 35.6 Å². The molecule has 0 heterocycles. The van der Waals surface area contributed by atoms with E-state index in [4.69, 9.17) is 9.47 Å². The van der Waals surface area contributed by atoms with Gasteiger partial charge in [-0.3, -0.25) is 14.4 Å². The Labute approximate surface area is 216 Å². The number of ether oxygens (including phenoxy) is 2. The third-order valence-corrected chi connectivity index (χ3v) is 7.06. The van der Waals surface area contributed by atoms with Crippen LogP contribution in [0.4, 0.5) is 5.69 Å². The number of nitrogens with one attached hydrogen (secondary N) is 1. The molecule has 0 unspecified atom stereocenters. The molecule has 37 heavy (non-hydrogen) atoms. The van der Waals surface area contributed by atoms with Gasteiger partial charge in [-0.15, -0.1) is 0 Å². The van der Waals surface area contributed by atoms with Crippen LogP contribution in [0.15, 0.2) is 66.7 Å². The van der Waals surface area contributed by atoms with Crippen molar-refractivity contribution in [3.63, 3.8) is 0 Å². The van der Waals surface area contributed by atoms with E-state index in [1.54, 1.807) is 32.4 Å². The van der Waals surface area contributed by atoms with Crippen molar-refractivity contribution < 1.29 is 29.0 Å². The van der Waals surface area contributed by atoms with Crippen LogP contribution >= 0.6 is 0 Å². The third-order valence-electron chi connectivity index (χ3n) is 7.06. The Morgan fingerprint density at radius 1 is 0.865 bits per heavy atom. The maximum absolute atomic E-state index is 12.8. The number of carbonyl (C=O) groups excluding carboxylic acids is 2. The maximum Gasteiger partial charge on any atom is 0.310 e. The maximum atomic E-state index is 12.8. The fourth-order valence-electron chi connectivity index (χ4n) is 4.99. The number of para-hydroxylation sites is 1. The van der Waals surface area contributed by atoms with E-state index in [9.17, 15) is 19.5 Å². The third kappa shape index (κ3) is 5.82. The molecule has 0 radical (unpaired) electrons. The van der Waals surface area contributed by atoms with Gasteiger partial charge in [-0.25, -0.2) is 0 Å². The van der Waals surface area contributed by atoms with Crippen molar-refractivity contribution in [2.75, 3.05) is 19.5 Å². The molecule has 0 saturated heterocycles. The zero-order valence-electron chi connectivity index (χ0n) is 21.1. The first-order chi connectivity index (χ1) is 17.8. The quantitative estimate of drug-likeness (QED) is 0.342. The first-order valence-corrected chi connectivity index (χ1v) is 12.3. The lowest BCUT2D eigenvalue weighted by molar-refractivity contribution is -0.148. The minimum atomic E-state index is -0.923. The highest BCUT2D eigenvalue weighted by Crippen LogP contribution is 2.42. The molecule has 7 nitrogen and oxygen atoms in total. The second-order valence-corrected chi connectivity index (χ2v) is 9.42. The van der Waals surface area contributed by atoms with Gasteiger partial charge < -0.3 is 19.9 Å². The highest BCUT2D eigenvalue weighted by atomic mass is 16.5. The first kappa shape index (κ1) is 25.9. The van der Waals surface area contributed by atoms with Crippen LogP contribution < -0.4 is 14.8 Å². The molecule has 1 saturated carbocycles. The molecule has 0 aliphatic heterocycles. The minimum Gasteiger partial charge on any atom is -0.493 e. The van der Waals surface area contributed by atoms with Crippen LogP contribution in [-0.4, -0.2) is 37.0 Å². The van der Waals surface area contributed by atoms with E-state index >= 15 is 0 Å². The van der Waals surface area contributed by atoms with Gasteiger partial charge in [0, 0.05) is 23.2 Å². The molecule has 1 aliphatic carbocycles. The lowest BCUT2D eigenvalue weighted by Crippen LogP contribution is -2.30. The number of carboxylic acid groups (broad SMARTS) is 1. The number of carboxylic acids is 1. The van der Waals surface area contributed by atoms with Crippen molar-refractivity contribution >= 4 is 23.3 Å². The molecular formula is C30H31NO6. The van der Waals surface area contributed by atoms with Gasteiger partial charge in [0.2, 0.25) is 5.91 Å². The number of hydrogen-bond donors (Lipinski definition) is 2. The molecule has 192 valence electrons. The molecule has 0 aromatic heterocycles. The number of methoxy groups -OCH3 is 2. The van der Waals surface area contributed by atoms with Gasteiger partial charge in [0.15, 0.2) is 17.3 Å². The summed E-state index contributed by atoms with van der Waals surface area (Å²) in [6, 6.07) is 20.1. The van der Waals surface area contributed by atoms with E-state index in [0.717, 1.165) is 29.5 Å². The van der Waals surface area contributed by atoms with Crippen molar-refractivity contribution in [1.82, 2.24) is 0 Å². The molecule has 0 spiro atoms. The molecule has 4 rings (SSSR count). The molecule has 1 amide bonds. The van der Waals surface area contributed by atoms with Gasteiger partial charge in [0.25, 0.3) is 0 Å². The smallest absolute Gasteiger partial charge is 0.310 e. The zero-order valence-corrected chi connectivity index (χ0v) is 21.1. The van der Waals surface area contributed by atoms with Crippen LogP contribution in [0.5, 0.6) is 11.5 Å². The lowest BCUT2D eigenvalue weighted by Gasteiger charge is -2.22. The molecular weight excluding hydrogens is 470 g/mol. The lowest BCUT2D eigenvalue weighted by atomic mass is 9.80. The average Bonchev–Trinajstić information content (AvgIpc) is 3.39. The standard InChI is InChI=1S/C30H31NO6/c1-36-26-7-5-6-23(28(26)37-2)18-27(33)31-24-14-12-21(13-15-24)20-8-10-22(11-9-20)25(32)19-30(29(34)35)16-3-4-17-30/h5-15H,3-4,16-19H2,1-2H3,(H,31,33)(H,34,35). The number of rotatable bonds is 10. The summed E-state index contributed by atoms with van der Waals surface area (Å²) in [6.45, 7) is 0. The first-order valence-electron chi connectivity index (χ1n) is 12.3. The van der Waals surface area contributed by atoms with Crippen molar-refractivity contribution in [2.24, 2.45) is 5.41 Å². The summed E-state index contributed by atoms with van der Waals surface area (Å²) >= 11 is 0. The molecule has 1 fully saturated rings. The second kappa shape index (κ2) is 11.3. The van der Waals surface area contributed by atoms with E-state index in [1.165, 1.54) is 0 Å². The fraction of sp³-hybridized carbons (Fsp3) is 0.300. The minimum absolute atomic E-state index is 0.0394. The van der Waals surface area contributed by atoms with Gasteiger partial charge in [-0.2, -0.15) is 0 Å². The van der Waals surface area contributed by atoms with Crippen molar-refractivity contribution in [1.29, 1.82) is 0 Å². The van der Waals surface area contributed by atoms with E-state index < -0.39 is 11.4 Å². The van der Waals surface area contributed by atoms with Gasteiger partial charge in [-0.05, 0) is 42.2 Å². The topological polar surface area (TPSA) is 102 Å². The monoisotopic (exact) mass is 501 g/mol. The number of anilines is 1. The average molecular weight is 502 g/mol. The van der Waals surface area contributed by atoms with Crippen molar-refractivity contribution in [2.45, 2.75) is 38.5 Å². The number of aliphatic carboxylic acids is 1. The summed E-state index contributed by atoms with van der Waals surface area (Å²) < 4.78 is 10.7. The normalized spacial score (nSPS) is 14.1. The summed E-state index contributed by atoms with van der Waals surface area (Å²) in [5.41, 5.74) is 2.85. The molecule has 7 heteroatoms. The molecule has 1 aliphatic rings. The van der Waals surface area contributed by atoms with Crippen molar-refractivity contribution in [3.05, 3.63) is 77.9 Å². The zero-order chi connectivity index (χ0) is 26.4. The number of amides is 1. The van der Waals surface area contributed by atoms with E-state index in [2.05, 4.69) is 5.32 Å². The molecule has 3 aromatic carbocycles. The van der Waals surface area contributed by atoms with Gasteiger partial charge in [0.1, 0.15) is 0 Å². The van der Waals surface area contributed by atoms with Crippen molar-refractivity contribution in [3.8, 4) is 22.6 Å². The highest BCUT2D eigenvalue weighted by Gasteiger charge is 2.43. The Bertz CT molecular complexity index is 1270. The highest BCUT2D eigenvalue weighted by molar-refractivity contribution is 5.99. The van der Waals surface area contributed by atoms with Crippen LogP contribution in [0.25, 0.3) is 11.1 Å². The summed E-state index contributed by atoms with van der Waals surface area (Å²) in [4.78, 5) is 37.2. The van der Waals surface area contributed by atoms with E-state index in [-0.39, 0.29) is 24.5 Å². The van der Waals surface area contributed by atoms with E-state index in [1.807, 2.05) is 48.5 Å². The van der Waals surface area contributed by atoms with Gasteiger partial charge in [-0.1, -0.05) is 61.4 Å². The Morgan fingerprint density at radius 3 is 2.05 bits per heavy atom. The number of Topliss-reactive ketones (excluding diaryl/α,β-unsaturated/α-hetero) is 1. The van der Waals surface area contributed by atoms with Crippen LogP contribution in [0.1, 0.15) is 48.0 Å². The number of carbonyl (C=O) groups is 3. The SMILES string of the molecule is COc1cccc(CC(=O)Nc2ccc(-c3ccc(C(=O)CC4(C(=O)O)CCCC4)cc3)cc2)c1OC. The Morgan fingerprint density at radius 2 is 1.49 bits per heavy atom. The summed E-state index contributed by atoms with van der Waals surface area (Å²) in [7, 11) is 3.10. The Balaban J connectivity index is 1.38. The van der Waals surface area contributed by atoms with Crippen LogP contribution in [0.2, 0.25) is 0 Å². The van der Waals surface area contributed by atoms with Crippen LogP contribution in [-0.2, 0) is 16.0 Å². The number of ketones is 1. The number of benzene rings is 3. The molecule has 0 atom stereocenters. The molecule has 0 bridgehead atoms.